The predicted molar refractivity (Wildman–Crippen MR) is 100 cm³/mol. The number of nitrogens with two attached hydrogens (primary N) is 1. The van der Waals surface area contributed by atoms with Gasteiger partial charge >= 0.3 is 0 Å². The third kappa shape index (κ3) is 3.11. The largest absolute Gasteiger partial charge is 0.488 e. The molecule has 2 aliphatic heterocycles. The quantitative estimate of drug-likeness (QED) is 0.680. The minimum atomic E-state index is -1.90. The topological polar surface area (TPSA) is 111 Å². The van der Waals surface area contributed by atoms with Crippen molar-refractivity contribution in [2.24, 2.45) is 5.73 Å². The summed E-state index contributed by atoms with van der Waals surface area (Å²) < 4.78 is 22.0. The maximum Gasteiger partial charge on any atom is 0.269 e. The van der Waals surface area contributed by atoms with Gasteiger partial charge < -0.3 is 20.5 Å². The van der Waals surface area contributed by atoms with E-state index >= 15 is 4.39 Å². The summed E-state index contributed by atoms with van der Waals surface area (Å²) in [4.78, 5) is 25.0. The van der Waals surface area contributed by atoms with Crippen LogP contribution in [0.1, 0.15) is 35.1 Å². The van der Waals surface area contributed by atoms with Gasteiger partial charge in [-0.3, -0.25) is 9.59 Å². The van der Waals surface area contributed by atoms with Gasteiger partial charge in [0, 0.05) is 25.6 Å². The molecule has 0 radical (unpaired) electrons. The van der Waals surface area contributed by atoms with Gasteiger partial charge in [0.25, 0.3) is 11.8 Å². The average molecular weight is 398 g/mol. The summed E-state index contributed by atoms with van der Waals surface area (Å²) >= 11 is 0. The number of nitrogens with zero attached hydrogens (tertiary/aromatic N) is 3. The highest BCUT2D eigenvalue weighted by molar-refractivity contribution is 5.91. The van der Waals surface area contributed by atoms with Gasteiger partial charge in [-0.1, -0.05) is 11.8 Å². The van der Waals surface area contributed by atoms with Gasteiger partial charge in [-0.25, -0.2) is 9.07 Å². The summed E-state index contributed by atoms with van der Waals surface area (Å²) in [5, 5.41) is 14.6. The number of likely N-dealkylation sites (tertiary alicyclic amines) is 1. The summed E-state index contributed by atoms with van der Waals surface area (Å²) in [7, 11) is 1.60. The number of likely N-dealkylation sites (N-methyl/N-ethyl adjacent to an activating group) is 1. The van der Waals surface area contributed by atoms with Crippen molar-refractivity contribution in [2.45, 2.75) is 24.6 Å². The number of hydrogen-bond acceptors (Lipinski definition) is 5. The van der Waals surface area contributed by atoms with Crippen molar-refractivity contribution in [3.05, 3.63) is 41.2 Å². The van der Waals surface area contributed by atoms with Crippen molar-refractivity contribution in [1.29, 1.82) is 0 Å². The maximum absolute atomic E-state index is 15.1. The molecule has 1 saturated heterocycles. The molecule has 2 aromatic rings. The van der Waals surface area contributed by atoms with Gasteiger partial charge in [-0.05, 0) is 31.2 Å². The molecule has 1 fully saturated rings. The second-order valence-corrected chi connectivity index (χ2v) is 7.45. The molecular weight excluding hydrogens is 379 g/mol. The van der Waals surface area contributed by atoms with Crippen molar-refractivity contribution >= 4 is 11.8 Å². The molecular formula is C20H19FN4O4. The van der Waals surface area contributed by atoms with Crippen LogP contribution < -0.4 is 10.5 Å². The number of aromatic nitrogens is 2. The molecule has 3 N–H and O–H groups in total. The Kier molecular flexibility index (Phi) is 4.13. The minimum Gasteiger partial charge on any atom is -0.488 e. The molecule has 3 heterocycles. The first-order valence-electron chi connectivity index (χ1n) is 8.98. The Morgan fingerprint density at radius 1 is 1.41 bits per heavy atom. The summed E-state index contributed by atoms with van der Waals surface area (Å²) in [5.74, 6) is 4.57. The smallest absolute Gasteiger partial charge is 0.269 e. The molecule has 1 aromatic heterocycles. The molecule has 2 atom stereocenters. The van der Waals surface area contributed by atoms with Crippen molar-refractivity contribution < 1.29 is 23.8 Å². The van der Waals surface area contributed by atoms with Crippen LogP contribution in [0.5, 0.6) is 5.75 Å². The van der Waals surface area contributed by atoms with Crippen LogP contribution in [-0.2, 0) is 10.5 Å². The number of rotatable bonds is 1. The molecule has 0 aliphatic carbocycles. The Hall–Kier alpha value is -3.38. The fourth-order valence-electron chi connectivity index (χ4n) is 3.37. The first-order valence-corrected chi connectivity index (χ1v) is 8.98. The fraction of sp³-hybridized carbons (Fsp3) is 0.350. The van der Waals surface area contributed by atoms with E-state index in [1.807, 2.05) is 0 Å². The van der Waals surface area contributed by atoms with Crippen LogP contribution in [-0.4, -0.2) is 57.4 Å². The summed E-state index contributed by atoms with van der Waals surface area (Å²) in [6, 6.07) is 6.13. The lowest BCUT2D eigenvalue weighted by Gasteiger charge is -2.17. The van der Waals surface area contributed by atoms with Gasteiger partial charge in [-0.15, -0.1) is 0 Å². The first-order chi connectivity index (χ1) is 13.6. The lowest BCUT2D eigenvalue weighted by Crippen LogP contribution is -2.37. The van der Waals surface area contributed by atoms with Gasteiger partial charge in [0.15, 0.2) is 11.4 Å². The summed E-state index contributed by atoms with van der Waals surface area (Å²) in [6.45, 7) is 1.48. The first kappa shape index (κ1) is 19.0. The van der Waals surface area contributed by atoms with Crippen LogP contribution in [0.3, 0.4) is 0 Å². The van der Waals surface area contributed by atoms with E-state index in [1.165, 1.54) is 22.6 Å². The van der Waals surface area contributed by atoms with Crippen molar-refractivity contribution in [2.75, 3.05) is 20.2 Å². The number of carbonyl (C=O) groups is 2. The molecule has 150 valence electrons. The molecule has 8 nitrogen and oxygen atoms in total. The predicted octanol–water partition coefficient (Wildman–Crippen LogP) is 0.493. The number of alkyl halides is 1. The Labute approximate surface area is 166 Å². The lowest BCUT2D eigenvalue weighted by atomic mass is 10.0. The molecule has 0 spiro atoms. The number of amides is 2. The number of hydrogen-bond donors (Lipinski definition) is 2. The number of aliphatic hydroxyl groups is 1. The number of fused-ring (bicyclic) bond motifs is 3. The Morgan fingerprint density at radius 2 is 2.17 bits per heavy atom. The van der Waals surface area contributed by atoms with Crippen molar-refractivity contribution in [3.8, 4) is 23.3 Å². The molecule has 29 heavy (non-hydrogen) atoms. The van der Waals surface area contributed by atoms with E-state index in [-0.39, 0.29) is 24.4 Å². The second kappa shape index (κ2) is 6.32. The average Bonchev–Trinajstić information content (AvgIpc) is 3.21. The highest BCUT2D eigenvalue weighted by Gasteiger charge is 2.42. The standard InChI is InChI=1S/C20H19FN4O4/c1-19(21)11-29-15-4-3-12(5-6-20(28)7-8-24(2)18(20)27)9-14(15)25-16(19)10-13(23-25)17(22)26/h3-4,9-10,28H,7-8,11H2,1-2H3,(H2,22,26)/t19-,20-/m0/s1. The monoisotopic (exact) mass is 398 g/mol. The van der Waals surface area contributed by atoms with Gasteiger partial charge in [0.1, 0.15) is 18.0 Å². The van der Waals surface area contributed by atoms with E-state index in [2.05, 4.69) is 16.9 Å². The molecule has 0 bridgehead atoms. The summed E-state index contributed by atoms with van der Waals surface area (Å²) in [6.07, 6.45) is 0.217. The van der Waals surface area contributed by atoms with E-state index in [0.29, 0.717) is 23.5 Å². The van der Waals surface area contributed by atoms with Gasteiger partial charge in [0.2, 0.25) is 5.60 Å². The van der Waals surface area contributed by atoms with Crippen LogP contribution >= 0.6 is 0 Å². The lowest BCUT2D eigenvalue weighted by molar-refractivity contribution is -0.137. The zero-order chi connectivity index (χ0) is 21.0. The van der Waals surface area contributed by atoms with Crippen LogP contribution in [0.15, 0.2) is 24.3 Å². The Bertz CT molecular complexity index is 1100. The number of halogens is 1. The minimum absolute atomic E-state index is 0.0675. The van der Waals surface area contributed by atoms with E-state index in [4.69, 9.17) is 10.5 Å². The number of carbonyl (C=O) groups excluding carboxylic acids is 2. The molecule has 2 amide bonds. The SMILES string of the molecule is CN1CC[C@@](O)(C#Cc2ccc3c(c2)-n2nc(C(N)=O)cc2[C@@](C)(F)CO3)C1=O. The molecule has 2 aliphatic rings. The van der Waals surface area contributed by atoms with E-state index in [9.17, 15) is 14.7 Å². The third-order valence-corrected chi connectivity index (χ3v) is 5.10. The maximum atomic E-state index is 15.1. The van der Waals surface area contributed by atoms with Gasteiger partial charge in [-0.2, -0.15) is 5.10 Å². The van der Waals surface area contributed by atoms with E-state index in [0.717, 1.165) is 0 Å². The van der Waals surface area contributed by atoms with Crippen LogP contribution in [0, 0.1) is 11.8 Å². The summed E-state index contributed by atoms with van der Waals surface area (Å²) in [5.41, 5.74) is 2.57. The van der Waals surface area contributed by atoms with Crippen LogP contribution in [0.4, 0.5) is 4.39 Å². The van der Waals surface area contributed by atoms with Gasteiger partial charge in [0.05, 0.1) is 5.69 Å². The molecule has 1 aromatic carbocycles. The number of ether oxygens (including phenoxy) is 1. The van der Waals surface area contributed by atoms with Crippen molar-refractivity contribution in [1.82, 2.24) is 14.7 Å². The normalized spacial score (nSPS) is 25.4. The number of benzene rings is 1. The zero-order valence-electron chi connectivity index (χ0n) is 15.9. The van der Waals surface area contributed by atoms with E-state index < -0.39 is 23.1 Å². The molecule has 0 unspecified atom stereocenters. The highest BCUT2D eigenvalue weighted by atomic mass is 19.1. The number of primary amides is 1. The fourth-order valence-corrected chi connectivity index (χ4v) is 3.37. The molecule has 0 saturated carbocycles. The Morgan fingerprint density at radius 3 is 2.83 bits per heavy atom. The Balaban J connectivity index is 1.79. The third-order valence-electron chi connectivity index (χ3n) is 5.10. The zero-order valence-corrected chi connectivity index (χ0v) is 15.9. The van der Waals surface area contributed by atoms with Crippen LogP contribution in [0.25, 0.3) is 5.69 Å². The van der Waals surface area contributed by atoms with Crippen molar-refractivity contribution in [3.63, 3.8) is 0 Å². The van der Waals surface area contributed by atoms with Crippen LogP contribution in [0.2, 0.25) is 0 Å². The highest BCUT2D eigenvalue weighted by Crippen LogP contribution is 2.36. The second-order valence-electron chi connectivity index (χ2n) is 7.45. The molecule has 9 heteroatoms. The van der Waals surface area contributed by atoms with E-state index in [1.54, 1.807) is 25.2 Å². The molecule has 4 rings (SSSR count).